The van der Waals surface area contributed by atoms with Crippen molar-refractivity contribution in [2.24, 2.45) is 0 Å². The lowest BCUT2D eigenvalue weighted by Gasteiger charge is -1.99. The van der Waals surface area contributed by atoms with Crippen molar-refractivity contribution < 1.29 is 4.74 Å². The lowest BCUT2D eigenvalue weighted by atomic mass is 10.2. The van der Waals surface area contributed by atoms with E-state index in [2.05, 4.69) is 12.0 Å². The molecule has 0 radical (unpaired) electrons. The molecule has 11 heavy (non-hydrogen) atoms. The van der Waals surface area contributed by atoms with Crippen LogP contribution in [-0.4, -0.2) is 0 Å². The summed E-state index contributed by atoms with van der Waals surface area (Å²) < 4.78 is 5.12. The molecule has 0 saturated carbocycles. The van der Waals surface area contributed by atoms with Gasteiger partial charge in [-0.15, -0.1) is 0 Å². The molecule has 0 atom stereocenters. The maximum absolute atomic E-state index is 5.12. The van der Waals surface area contributed by atoms with E-state index in [4.69, 9.17) is 4.74 Å². The van der Waals surface area contributed by atoms with E-state index in [1.54, 1.807) is 6.92 Å². The first-order chi connectivity index (χ1) is 5.34. The molecule has 0 fully saturated rings. The van der Waals surface area contributed by atoms with Crippen molar-refractivity contribution in [3.63, 3.8) is 0 Å². The predicted molar refractivity (Wildman–Crippen MR) is 45.3 cm³/mol. The fraction of sp³-hybridized carbons (Fsp3) is 0.200. The van der Waals surface area contributed by atoms with Crippen molar-refractivity contribution in [1.82, 2.24) is 0 Å². The summed E-state index contributed by atoms with van der Waals surface area (Å²) in [6, 6.07) is 7.80. The topological polar surface area (TPSA) is 9.23 Å². The predicted octanol–water partition coefficient (Wildman–Crippen LogP) is 2.35. The van der Waals surface area contributed by atoms with Gasteiger partial charge in [0.1, 0.15) is 11.9 Å². The Balaban J connectivity index is 2.83. The Morgan fingerprint density at radius 2 is 2.00 bits per heavy atom. The summed E-state index contributed by atoms with van der Waals surface area (Å²) in [5.41, 5.74) is 1.11. The van der Waals surface area contributed by atoms with Crippen LogP contribution in [0.25, 0.3) is 0 Å². The highest BCUT2D eigenvalue weighted by Gasteiger charge is 1.93. The Hall–Kier alpha value is -1.42. The van der Waals surface area contributed by atoms with Gasteiger partial charge in [0.2, 0.25) is 0 Å². The van der Waals surface area contributed by atoms with E-state index in [9.17, 15) is 0 Å². The highest BCUT2D eigenvalue weighted by molar-refractivity contribution is 5.32. The first-order valence-corrected chi connectivity index (χ1v) is 3.49. The van der Waals surface area contributed by atoms with Gasteiger partial charge < -0.3 is 4.74 Å². The Morgan fingerprint density at radius 1 is 1.27 bits per heavy atom. The Morgan fingerprint density at radius 3 is 2.64 bits per heavy atom. The van der Waals surface area contributed by atoms with Crippen molar-refractivity contribution in [2.45, 2.75) is 13.8 Å². The van der Waals surface area contributed by atoms with Gasteiger partial charge in [0.15, 0.2) is 0 Å². The molecule has 0 unspecified atom stereocenters. The van der Waals surface area contributed by atoms with E-state index >= 15 is 0 Å². The number of para-hydroxylation sites is 1. The van der Waals surface area contributed by atoms with Gasteiger partial charge in [0.25, 0.3) is 0 Å². The minimum atomic E-state index is 0.835. The van der Waals surface area contributed by atoms with Crippen LogP contribution in [0.5, 0.6) is 5.75 Å². The van der Waals surface area contributed by atoms with Gasteiger partial charge in [-0.3, -0.25) is 0 Å². The molecule has 0 spiro atoms. The molecule has 1 rings (SSSR count). The summed E-state index contributed by atoms with van der Waals surface area (Å²) in [7, 11) is 0. The van der Waals surface area contributed by atoms with Crippen molar-refractivity contribution in [3.05, 3.63) is 29.8 Å². The van der Waals surface area contributed by atoms with E-state index in [1.807, 2.05) is 31.2 Å². The SMILES string of the molecule is CC#COc1ccccc1C. The van der Waals surface area contributed by atoms with Crippen molar-refractivity contribution in [1.29, 1.82) is 0 Å². The number of aryl methyl sites for hydroxylation is 1. The normalized spacial score (nSPS) is 8.18. The molecular weight excluding hydrogens is 136 g/mol. The summed E-state index contributed by atoms with van der Waals surface area (Å²) in [6.07, 6.45) is 2.56. The second-order valence-corrected chi connectivity index (χ2v) is 2.22. The van der Waals surface area contributed by atoms with Gasteiger partial charge in [-0.05, 0) is 18.6 Å². The smallest absolute Gasteiger partial charge is 0.143 e. The summed E-state index contributed by atoms with van der Waals surface area (Å²) in [5, 5.41) is 0. The maximum Gasteiger partial charge on any atom is 0.143 e. The van der Waals surface area contributed by atoms with Crippen LogP contribution in [0.3, 0.4) is 0 Å². The zero-order valence-corrected chi connectivity index (χ0v) is 6.72. The molecule has 0 heterocycles. The average molecular weight is 146 g/mol. The molecular formula is C10H10O. The van der Waals surface area contributed by atoms with E-state index in [0.29, 0.717) is 0 Å². The van der Waals surface area contributed by atoms with Gasteiger partial charge in [-0.1, -0.05) is 24.1 Å². The lowest BCUT2D eigenvalue weighted by Crippen LogP contribution is -1.84. The molecule has 0 amide bonds. The third-order valence-electron chi connectivity index (χ3n) is 1.36. The zero-order valence-electron chi connectivity index (χ0n) is 6.72. The molecule has 0 saturated heterocycles. The molecule has 56 valence electrons. The highest BCUT2D eigenvalue weighted by atomic mass is 16.5. The fourth-order valence-corrected chi connectivity index (χ4v) is 0.777. The minimum Gasteiger partial charge on any atom is -0.407 e. The van der Waals surface area contributed by atoms with Crippen LogP contribution < -0.4 is 4.74 Å². The molecule has 0 aromatic heterocycles. The monoisotopic (exact) mass is 146 g/mol. The van der Waals surface area contributed by atoms with Crippen LogP contribution in [-0.2, 0) is 0 Å². The number of rotatable bonds is 1. The van der Waals surface area contributed by atoms with Crippen LogP contribution in [0.4, 0.5) is 0 Å². The summed E-state index contributed by atoms with van der Waals surface area (Å²) >= 11 is 0. The van der Waals surface area contributed by atoms with Crippen LogP contribution in [0.1, 0.15) is 12.5 Å². The average Bonchev–Trinajstić information content (AvgIpc) is 2.03. The van der Waals surface area contributed by atoms with Gasteiger partial charge in [0.05, 0.1) is 0 Å². The lowest BCUT2D eigenvalue weighted by molar-refractivity contribution is 0.515. The molecule has 0 aliphatic carbocycles. The number of benzene rings is 1. The van der Waals surface area contributed by atoms with Crippen LogP contribution in [0.15, 0.2) is 24.3 Å². The quantitative estimate of drug-likeness (QED) is 0.552. The van der Waals surface area contributed by atoms with E-state index in [1.165, 1.54) is 0 Å². The third-order valence-corrected chi connectivity index (χ3v) is 1.36. The molecule has 0 aliphatic heterocycles. The molecule has 1 nitrogen and oxygen atoms in total. The second kappa shape index (κ2) is 3.68. The zero-order chi connectivity index (χ0) is 8.10. The highest BCUT2D eigenvalue weighted by Crippen LogP contribution is 2.15. The standard InChI is InChI=1S/C10H10O/c1-3-8-11-10-7-5-4-6-9(10)2/h4-7H,1-2H3. The van der Waals surface area contributed by atoms with Crippen LogP contribution in [0, 0.1) is 19.0 Å². The second-order valence-electron chi connectivity index (χ2n) is 2.22. The molecule has 0 aliphatic rings. The van der Waals surface area contributed by atoms with Crippen LogP contribution >= 0.6 is 0 Å². The first kappa shape index (κ1) is 7.68. The van der Waals surface area contributed by atoms with E-state index in [-0.39, 0.29) is 0 Å². The van der Waals surface area contributed by atoms with Crippen molar-refractivity contribution in [3.8, 4) is 17.8 Å². The van der Waals surface area contributed by atoms with Gasteiger partial charge in [0, 0.05) is 6.92 Å². The van der Waals surface area contributed by atoms with E-state index in [0.717, 1.165) is 11.3 Å². The number of ether oxygens (including phenoxy) is 1. The fourth-order valence-electron chi connectivity index (χ4n) is 0.777. The Labute approximate surface area is 67.0 Å². The molecule has 1 aromatic carbocycles. The first-order valence-electron chi connectivity index (χ1n) is 3.49. The van der Waals surface area contributed by atoms with Crippen molar-refractivity contribution >= 4 is 0 Å². The summed E-state index contributed by atoms with van der Waals surface area (Å²) in [6.45, 7) is 3.74. The van der Waals surface area contributed by atoms with Crippen LogP contribution in [0.2, 0.25) is 0 Å². The third kappa shape index (κ3) is 2.01. The van der Waals surface area contributed by atoms with E-state index < -0.39 is 0 Å². The summed E-state index contributed by atoms with van der Waals surface area (Å²) in [5.74, 6) is 3.51. The van der Waals surface area contributed by atoms with Gasteiger partial charge in [-0.25, -0.2) is 0 Å². The minimum absolute atomic E-state index is 0.835. The molecule has 0 N–H and O–H groups in total. The number of hydrogen-bond acceptors (Lipinski definition) is 1. The van der Waals surface area contributed by atoms with Gasteiger partial charge >= 0.3 is 0 Å². The molecule has 0 bridgehead atoms. The number of hydrogen-bond donors (Lipinski definition) is 0. The Kier molecular flexibility index (Phi) is 2.57. The Bertz CT molecular complexity index is 291. The summed E-state index contributed by atoms with van der Waals surface area (Å²) in [4.78, 5) is 0. The van der Waals surface area contributed by atoms with Crippen molar-refractivity contribution in [2.75, 3.05) is 0 Å². The largest absolute Gasteiger partial charge is 0.407 e. The molecule has 1 aromatic rings. The van der Waals surface area contributed by atoms with Gasteiger partial charge in [-0.2, -0.15) is 0 Å². The maximum atomic E-state index is 5.12. The molecule has 1 heteroatoms.